The van der Waals surface area contributed by atoms with Gasteiger partial charge in [-0.05, 0) is 97.6 Å². The molecule has 2 aliphatic rings. The number of para-hydroxylation sites is 1. The van der Waals surface area contributed by atoms with Crippen molar-refractivity contribution in [2.24, 2.45) is 0 Å². The Kier molecular flexibility index (Phi) is 8.69. The molecule has 0 fully saturated rings. The summed E-state index contributed by atoms with van der Waals surface area (Å²) in [6.07, 6.45) is 0. The molecule has 332 valence electrons. The van der Waals surface area contributed by atoms with Crippen LogP contribution < -0.4 is 4.90 Å². The topological polar surface area (TPSA) is 16.4 Å². The van der Waals surface area contributed by atoms with Gasteiger partial charge in [0.25, 0.3) is 0 Å². The fourth-order valence-electron chi connectivity index (χ4n) is 12.9. The van der Waals surface area contributed by atoms with Crippen molar-refractivity contribution in [3.63, 3.8) is 0 Å². The third kappa shape index (κ3) is 5.47. The second-order valence-electron chi connectivity index (χ2n) is 19.0. The van der Waals surface area contributed by atoms with Gasteiger partial charge in [0.05, 0.1) is 32.3 Å². The molecule has 71 heavy (non-hydrogen) atoms. The van der Waals surface area contributed by atoms with Gasteiger partial charge in [-0.1, -0.05) is 224 Å². The van der Waals surface area contributed by atoms with Crippen molar-refractivity contribution in [2.45, 2.75) is 10.8 Å². The summed E-state index contributed by atoms with van der Waals surface area (Å²) >= 11 is 1.86. The molecule has 0 radical (unpaired) electrons. The zero-order valence-corrected chi connectivity index (χ0v) is 39.4. The van der Waals surface area contributed by atoms with E-state index in [-0.39, 0.29) is 0 Å². The van der Waals surface area contributed by atoms with Crippen LogP contribution in [-0.4, -0.2) is 0 Å². The molecule has 0 atom stereocenters. The molecular weight excluding hydrogens is 879 g/mol. The Morgan fingerprint density at radius 2 is 0.817 bits per heavy atom. The van der Waals surface area contributed by atoms with Crippen LogP contribution in [0.15, 0.2) is 265 Å². The quantitative estimate of drug-likeness (QED) is 0.158. The standard InChI is InChI=1S/C68H43NOS/c1-4-21-44(22-5-1)67(45-23-6-2-7-24-45)55-33-14-10-29-50(55)51-42-41-47(43-59(51)67)69(61-38-19-31-53-52-30-13-17-40-63(52)71-66(53)61)60-37-20-39-62-64(60)54-32-18-36-58(65(54)70-62)68(46-25-8-3-9-26-46)56-34-15-11-27-48(56)49-28-12-16-35-57(49)68/h1-43H. The molecule has 15 rings (SSSR count). The highest BCUT2D eigenvalue weighted by molar-refractivity contribution is 7.26. The molecule has 0 bridgehead atoms. The van der Waals surface area contributed by atoms with Gasteiger partial charge in [-0.2, -0.15) is 0 Å². The monoisotopic (exact) mass is 921 g/mol. The van der Waals surface area contributed by atoms with E-state index in [0.717, 1.165) is 44.6 Å². The van der Waals surface area contributed by atoms with Gasteiger partial charge in [0.1, 0.15) is 11.2 Å². The summed E-state index contributed by atoms with van der Waals surface area (Å²) in [6.45, 7) is 0. The molecule has 3 heteroatoms. The molecule has 0 spiro atoms. The number of rotatable bonds is 7. The average Bonchev–Trinajstić information content (AvgIpc) is 4.19. The van der Waals surface area contributed by atoms with E-state index in [1.807, 2.05) is 11.3 Å². The Hall–Kier alpha value is -8.76. The number of furan rings is 1. The molecule has 2 aliphatic carbocycles. The maximum atomic E-state index is 7.41. The fraction of sp³-hybridized carbons (Fsp3) is 0.0294. The van der Waals surface area contributed by atoms with E-state index >= 15 is 0 Å². The number of benzene rings is 11. The van der Waals surface area contributed by atoms with Gasteiger partial charge in [-0.3, -0.25) is 0 Å². The molecule has 0 N–H and O–H groups in total. The molecule has 11 aromatic carbocycles. The van der Waals surface area contributed by atoms with Gasteiger partial charge in [0, 0.05) is 32.1 Å². The highest BCUT2D eigenvalue weighted by atomic mass is 32.1. The minimum atomic E-state index is -0.627. The third-order valence-corrected chi connectivity index (χ3v) is 16.8. The third-order valence-electron chi connectivity index (χ3n) is 15.6. The summed E-state index contributed by atoms with van der Waals surface area (Å²) in [6, 6.07) is 96.5. The van der Waals surface area contributed by atoms with E-state index in [0.29, 0.717) is 0 Å². The van der Waals surface area contributed by atoms with Crippen molar-refractivity contribution in [3.05, 3.63) is 305 Å². The van der Waals surface area contributed by atoms with Crippen molar-refractivity contribution in [1.82, 2.24) is 0 Å². The first-order valence-electron chi connectivity index (χ1n) is 24.5. The van der Waals surface area contributed by atoms with Gasteiger partial charge < -0.3 is 9.32 Å². The fourth-order valence-corrected chi connectivity index (χ4v) is 14.1. The van der Waals surface area contributed by atoms with Crippen LogP contribution in [0.3, 0.4) is 0 Å². The SMILES string of the molecule is c1ccc(C2(c3ccccc3)c3ccccc3-c3ccc(N(c4cccc5c4sc4ccccc45)c4cccc5oc6c(C7(c8ccccc8)c8ccccc8-c8ccccc87)cccc6c45)cc32)cc1. The summed E-state index contributed by atoms with van der Waals surface area (Å²) < 4.78 is 9.92. The number of hydrogen-bond acceptors (Lipinski definition) is 3. The van der Waals surface area contributed by atoms with Crippen LogP contribution in [0.5, 0.6) is 0 Å². The van der Waals surface area contributed by atoms with Crippen LogP contribution in [0.25, 0.3) is 64.4 Å². The van der Waals surface area contributed by atoms with Gasteiger partial charge >= 0.3 is 0 Å². The van der Waals surface area contributed by atoms with Crippen LogP contribution in [0.2, 0.25) is 0 Å². The average molecular weight is 922 g/mol. The van der Waals surface area contributed by atoms with Crippen LogP contribution in [0.4, 0.5) is 17.1 Å². The summed E-state index contributed by atoms with van der Waals surface area (Å²) in [4.78, 5) is 2.53. The lowest BCUT2D eigenvalue weighted by molar-refractivity contribution is 0.648. The van der Waals surface area contributed by atoms with Crippen LogP contribution in [0, 0.1) is 0 Å². The van der Waals surface area contributed by atoms with E-state index < -0.39 is 10.8 Å². The van der Waals surface area contributed by atoms with E-state index in [1.165, 1.54) is 81.4 Å². The summed E-state index contributed by atoms with van der Waals surface area (Å²) in [5, 5.41) is 4.67. The molecule has 0 saturated carbocycles. The summed E-state index contributed by atoms with van der Waals surface area (Å²) in [5.41, 5.74) is 18.7. The maximum Gasteiger partial charge on any atom is 0.140 e. The highest BCUT2D eigenvalue weighted by Crippen LogP contribution is 2.60. The normalized spacial score (nSPS) is 13.9. The summed E-state index contributed by atoms with van der Waals surface area (Å²) in [5.74, 6) is 0. The van der Waals surface area contributed by atoms with Gasteiger partial charge in [0.2, 0.25) is 0 Å². The summed E-state index contributed by atoms with van der Waals surface area (Å²) in [7, 11) is 0. The molecule has 0 amide bonds. The number of hydrogen-bond donors (Lipinski definition) is 0. The van der Waals surface area contributed by atoms with Gasteiger partial charge in [-0.15, -0.1) is 11.3 Å². The van der Waals surface area contributed by atoms with Crippen molar-refractivity contribution in [2.75, 3.05) is 4.90 Å². The number of nitrogens with zero attached hydrogens (tertiary/aromatic N) is 1. The van der Waals surface area contributed by atoms with E-state index in [1.54, 1.807) is 0 Å². The first-order chi connectivity index (χ1) is 35.2. The number of fused-ring (bicyclic) bond motifs is 12. The number of anilines is 3. The van der Waals surface area contributed by atoms with E-state index in [9.17, 15) is 0 Å². The predicted molar refractivity (Wildman–Crippen MR) is 296 cm³/mol. The maximum absolute atomic E-state index is 7.41. The second kappa shape index (κ2) is 15.4. The van der Waals surface area contributed by atoms with Crippen molar-refractivity contribution < 1.29 is 4.42 Å². The van der Waals surface area contributed by atoms with Gasteiger partial charge in [0.15, 0.2) is 0 Å². The first kappa shape index (κ1) is 40.2. The molecule has 2 aromatic heterocycles. The smallest absolute Gasteiger partial charge is 0.140 e. The largest absolute Gasteiger partial charge is 0.456 e. The lowest BCUT2D eigenvalue weighted by atomic mass is 9.67. The highest BCUT2D eigenvalue weighted by Gasteiger charge is 2.49. The lowest BCUT2D eigenvalue weighted by Gasteiger charge is -2.35. The van der Waals surface area contributed by atoms with E-state index in [4.69, 9.17) is 4.42 Å². The molecule has 2 nitrogen and oxygen atoms in total. The van der Waals surface area contributed by atoms with Crippen molar-refractivity contribution >= 4 is 70.5 Å². The minimum Gasteiger partial charge on any atom is -0.456 e. The van der Waals surface area contributed by atoms with Crippen LogP contribution in [0.1, 0.15) is 44.5 Å². The van der Waals surface area contributed by atoms with Crippen LogP contribution >= 0.6 is 11.3 Å². The predicted octanol–water partition coefficient (Wildman–Crippen LogP) is 18.1. The first-order valence-corrected chi connectivity index (χ1v) is 25.3. The molecule has 0 unspecified atom stereocenters. The lowest BCUT2D eigenvalue weighted by Crippen LogP contribution is -2.28. The van der Waals surface area contributed by atoms with E-state index in [2.05, 4.69) is 266 Å². The Labute approximate surface area is 416 Å². The van der Waals surface area contributed by atoms with Crippen LogP contribution in [-0.2, 0) is 10.8 Å². The van der Waals surface area contributed by atoms with Crippen molar-refractivity contribution in [1.29, 1.82) is 0 Å². The van der Waals surface area contributed by atoms with Gasteiger partial charge in [-0.25, -0.2) is 0 Å². The molecule has 0 saturated heterocycles. The Bertz CT molecular complexity index is 4160. The molecule has 13 aromatic rings. The molecule has 2 heterocycles. The minimum absolute atomic E-state index is 0.567. The zero-order chi connectivity index (χ0) is 46.7. The molecule has 0 aliphatic heterocycles. The number of thiophene rings is 1. The Morgan fingerprint density at radius 3 is 1.48 bits per heavy atom. The second-order valence-corrected chi connectivity index (χ2v) is 20.0. The molecular formula is C68H43NOS. The zero-order valence-electron chi connectivity index (χ0n) is 38.6. The Morgan fingerprint density at radius 1 is 0.338 bits per heavy atom. The van der Waals surface area contributed by atoms with Crippen molar-refractivity contribution in [3.8, 4) is 22.3 Å². The Balaban J connectivity index is 1.04.